The lowest BCUT2D eigenvalue weighted by atomic mass is 9.94. The van der Waals surface area contributed by atoms with Gasteiger partial charge < -0.3 is 15.3 Å². The summed E-state index contributed by atoms with van der Waals surface area (Å²) in [5, 5.41) is 14.1. The number of thiazole rings is 1. The van der Waals surface area contributed by atoms with Gasteiger partial charge in [-0.05, 0) is 26.7 Å². The van der Waals surface area contributed by atoms with Gasteiger partial charge in [-0.15, -0.1) is 11.3 Å². The van der Waals surface area contributed by atoms with Crippen LogP contribution in [0.3, 0.4) is 0 Å². The molecule has 0 saturated carbocycles. The van der Waals surface area contributed by atoms with Crippen molar-refractivity contribution in [3.8, 4) is 0 Å². The highest BCUT2D eigenvalue weighted by molar-refractivity contribution is 7.15. The number of rotatable bonds is 9. The molecule has 1 aromatic rings. The molecule has 1 rings (SSSR count). The van der Waals surface area contributed by atoms with E-state index in [1.165, 1.54) is 4.88 Å². The molecule has 0 amide bonds. The van der Waals surface area contributed by atoms with Crippen LogP contribution in [0.15, 0.2) is 6.20 Å². The van der Waals surface area contributed by atoms with Crippen LogP contribution in [0, 0.1) is 0 Å². The monoisotopic (exact) mass is 285 g/mol. The molecule has 0 aliphatic carbocycles. The van der Waals surface area contributed by atoms with Crippen LogP contribution in [0.5, 0.6) is 0 Å². The number of nitrogens with one attached hydrogen (secondary N) is 1. The van der Waals surface area contributed by atoms with Gasteiger partial charge in [-0.2, -0.15) is 0 Å². The molecule has 19 heavy (non-hydrogen) atoms. The van der Waals surface area contributed by atoms with Crippen molar-refractivity contribution in [1.82, 2.24) is 10.3 Å². The summed E-state index contributed by atoms with van der Waals surface area (Å²) in [6, 6.07) is 0. The predicted molar refractivity (Wildman–Crippen MR) is 82.9 cm³/mol. The first kappa shape index (κ1) is 16.4. The third kappa shape index (κ3) is 4.16. The van der Waals surface area contributed by atoms with Gasteiger partial charge in [0.15, 0.2) is 5.13 Å². The van der Waals surface area contributed by atoms with Crippen LogP contribution in [0.25, 0.3) is 0 Å². The van der Waals surface area contributed by atoms with Crippen molar-refractivity contribution in [3.63, 3.8) is 0 Å². The second kappa shape index (κ2) is 7.82. The molecular formula is C14H27N3OS. The first-order valence-corrected chi connectivity index (χ1v) is 8.01. The average molecular weight is 285 g/mol. The molecule has 0 aliphatic rings. The third-order valence-corrected chi connectivity index (χ3v) is 4.93. The summed E-state index contributed by atoms with van der Waals surface area (Å²) < 4.78 is 0. The Hall–Kier alpha value is -0.650. The maximum absolute atomic E-state index is 9.54. The molecule has 0 spiro atoms. The number of aliphatic hydroxyl groups excluding tert-OH is 1. The topological polar surface area (TPSA) is 48.4 Å². The van der Waals surface area contributed by atoms with E-state index in [9.17, 15) is 5.11 Å². The summed E-state index contributed by atoms with van der Waals surface area (Å²) in [7, 11) is 0. The summed E-state index contributed by atoms with van der Waals surface area (Å²) in [6.07, 6.45) is 3.81. The maximum atomic E-state index is 9.54. The molecule has 0 saturated heterocycles. The van der Waals surface area contributed by atoms with Gasteiger partial charge in [0, 0.05) is 36.2 Å². The molecule has 5 heteroatoms. The Morgan fingerprint density at radius 1 is 1.26 bits per heavy atom. The Kier molecular flexibility index (Phi) is 6.75. The molecule has 1 heterocycles. The highest BCUT2D eigenvalue weighted by Gasteiger charge is 2.24. The summed E-state index contributed by atoms with van der Waals surface area (Å²) in [6.45, 7) is 11.5. The van der Waals surface area contributed by atoms with E-state index in [0.29, 0.717) is 0 Å². The van der Waals surface area contributed by atoms with E-state index in [0.717, 1.165) is 37.6 Å². The maximum Gasteiger partial charge on any atom is 0.185 e. The van der Waals surface area contributed by atoms with Gasteiger partial charge in [-0.25, -0.2) is 4.98 Å². The zero-order valence-electron chi connectivity index (χ0n) is 12.6. The van der Waals surface area contributed by atoms with Gasteiger partial charge in [0.2, 0.25) is 0 Å². The van der Waals surface area contributed by atoms with Crippen LogP contribution >= 0.6 is 11.3 Å². The molecule has 0 aliphatic heterocycles. The van der Waals surface area contributed by atoms with E-state index in [2.05, 4.69) is 42.9 Å². The summed E-state index contributed by atoms with van der Waals surface area (Å²) in [4.78, 5) is 7.96. The minimum atomic E-state index is -0.153. The Balaban J connectivity index is 2.63. The third-order valence-electron chi connectivity index (χ3n) is 3.87. The Bertz CT molecular complexity index is 351. The summed E-state index contributed by atoms with van der Waals surface area (Å²) >= 11 is 1.73. The van der Waals surface area contributed by atoms with Crippen molar-refractivity contribution in [2.24, 2.45) is 0 Å². The van der Waals surface area contributed by atoms with E-state index in [4.69, 9.17) is 0 Å². The molecule has 2 N–H and O–H groups in total. The first-order valence-electron chi connectivity index (χ1n) is 7.20. The van der Waals surface area contributed by atoms with Gasteiger partial charge in [0.05, 0.1) is 6.61 Å². The van der Waals surface area contributed by atoms with E-state index >= 15 is 0 Å². The number of hydrogen-bond acceptors (Lipinski definition) is 5. The Morgan fingerprint density at radius 3 is 2.37 bits per heavy atom. The molecule has 0 atom stereocenters. The van der Waals surface area contributed by atoms with Crippen LogP contribution in [-0.4, -0.2) is 35.3 Å². The lowest BCUT2D eigenvalue weighted by molar-refractivity contribution is 0.150. The standard InChI is InChI=1S/C14H27N3OS/c1-5-14(6-2,11-18)16-10-12-9-15-13(19-12)17(7-3)8-4/h9,16,18H,5-8,10-11H2,1-4H3. The average Bonchev–Trinajstić information content (AvgIpc) is 2.91. The smallest absolute Gasteiger partial charge is 0.185 e. The van der Waals surface area contributed by atoms with Crippen molar-refractivity contribution < 1.29 is 5.11 Å². The zero-order chi connectivity index (χ0) is 14.3. The van der Waals surface area contributed by atoms with E-state index in [1.807, 2.05) is 6.20 Å². The number of aliphatic hydroxyl groups is 1. The summed E-state index contributed by atoms with van der Waals surface area (Å²) in [5.41, 5.74) is -0.153. The number of hydrogen-bond donors (Lipinski definition) is 2. The fourth-order valence-electron chi connectivity index (χ4n) is 2.07. The molecule has 4 nitrogen and oxygen atoms in total. The van der Waals surface area contributed by atoms with Crippen molar-refractivity contribution in [2.45, 2.75) is 52.6 Å². The normalized spacial score (nSPS) is 11.8. The highest BCUT2D eigenvalue weighted by Crippen LogP contribution is 2.23. The molecule has 110 valence electrons. The molecule has 0 unspecified atom stereocenters. The van der Waals surface area contributed by atoms with Gasteiger partial charge in [0.1, 0.15) is 0 Å². The highest BCUT2D eigenvalue weighted by atomic mass is 32.1. The van der Waals surface area contributed by atoms with Crippen LogP contribution in [0.1, 0.15) is 45.4 Å². The van der Waals surface area contributed by atoms with Gasteiger partial charge >= 0.3 is 0 Å². The fraction of sp³-hybridized carbons (Fsp3) is 0.786. The van der Waals surface area contributed by atoms with Crippen LogP contribution in [0.4, 0.5) is 5.13 Å². The minimum absolute atomic E-state index is 0.153. The molecule has 0 radical (unpaired) electrons. The van der Waals surface area contributed by atoms with E-state index in [-0.39, 0.29) is 12.1 Å². The molecule has 1 aromatic heterocycles. The summed E-state index contributed by atoms with van der Waals surface area (Å²) in [5.74, 6) is 0. The lowest BCUT2D eigenvalue weighted by Crippen LogP contribution is -2.46. The Labute approximate surface area is 120 Å². The fourth-order valence-corrected chi connectivity index (χ4v) is 3.05. The molecular weight excluding hydrogens is 258 g/mol. The number of nitrogens with zero attached hydrogens (tertiary/aromatic N) is 2. The van der Waals surface area contributed by atoms with Crippen LogP contribution in [0.2, 0.25) is 0 Å². The van der Waals surface area contributed by atoms with E-state index in [1.54, 1.807) is 11.3 Å². The largest absolute Gasteiger partial charge is 0.394 e. The lowest BCUT2D eigenvalue weighted by Gasteiger charge is -2.30. The molecule has 0 bridgehead atoms. The van der Waals surface area contributed by atoms with Gasteiger partial charge in [0.25, 0.3) is 0 Å². The Morgan fingerprint density at radius 2 is 1.89 bits per heavy atom. The second-order valence-electron chi connectivity index (χ2n) is 4.78. The first-order chi connectivity index (χ1) is 9.14. The van der Waals surface area contributed by atoms with E-state index < -0.39 is 0 Å². The van der Waals surface area contributed by atoms with Crippen LogP contribution < -0.4 is 10.2 Å². The number of anilines is 1. The van der Waals surface area contributed by atoms with Gasteiger partial charge in [-0.3, -0.25) is 0 Å². The van der Waals surface area contributed by atoms with Crippen molar-refractivity contribution in [2.75, 3.05) is 24.6 Å². The van der Waals surface area contributed by atoms with Crippen molar-refractivity contribution >= 4 is 16.5 Å². The second-order valence-corrected chi connectivity index (χ2v) is 5.87. The quantitative estimate of drug-likeness (QED) is 0.732. The van der Waals surface area contributed by atoms with Crippen molar-refractivity contribution in [1.29, 1.82) is 0 Å². The minimum Gasteiger partial charge on any atom is -0.394 e. The molecule has 0 aromatic carbocycles. The molecule has 0 fully saturated rings. The number of aromatic nitrogens is 1. The van der Waals surface area contributed by atoms with Crippen LogP contribution in [-0.2, 0) is 6.54 Å². The van der Waals surface area contributed by atoms with Crippen molar-refractivity contribution in [3.05, 3.63) is 11.1 Å². The van der Waals surface area contributed by atoms with Gasteiger partial charge in [-0.1, -0.05) is 13.8 Å². The predicted octanol–water partition coefficient (Wildman–Crippen LogP) is 2.63. The zero-order valence-corrected chi connectivity index (χ0v) is 13.4. The SMILES string of the molecule is CCN(CC)c1ncc(CNC(CC)(CC)CO)s1.